The van der Waals surface area contributed by atoms with Gasteiger partial charge in [0.25, 0.3) is 10.0 Å². The van der Waals surface area contributed by atoms with Gasteiger partial charge in [0.2, 0.25) is 0 Å². The maximum atomic E-state index is 12.5. The first-order chi connectivity index (χ1) is 9.25. The molecule has 1 N–H and O–H groups in total. The van der Waals surface area contributed by atoms with Crippen molar-refractivity contribution in [1.82, 2.24) is 4.31 Å². The maximum Gasteiger partial charge on any atom is 0.304 e. The molecule has 0 amide bonds. The van der Waals surface area contributed by atoms with E-state index in [-0.39, 0.29) is 20.9 Å². The van der Waals surface area contributed by atoms with Crippen LogP contribution >= 0.6 is 11.3 Å². The van der Waals surface area contributed by atoms with Gasteiger partial charge >= 0.3 is 5.69 Å². The van der Waals surface area contributed by atoms with E-state index in [4.69, 9.17) is 0 Å². The van der Waals surface area contributed by atoms with Crippen LogP contribution in [0.15, 0.2) is 10.3 Å². The maximum absolute atomic E-state index is 12.5. The van der Waals surface area contributed by atoms with E-state index in [0.29, 0.717) is 13.1 Å². The summed E-state index contributed by atoms with van der Waals surface area (Å²) in [5.41, 5.74) is -0.199. The average molecular weight is 321 g/mol. The number of rotatable bonds is 7. The van der Waals surface area contributed by atoms with Crippen molar-refractivity contribution in [3.8, 4) is 0 Å². The second-order valence-electron chi connectivity index (χ2n) is 4.37. The van der Waals surface area contributed by atoms with Crippen molar-refractivity contribution in [2.45, 2.75) is 37.9 Å². The topological polar surface area (TPSA) is 92.6 Å². The lowest BCUT2D eigenvalue weighted by atomic mass is 10.4. The number of hydrogen-bond acceptors (Lipinski definition) is 6. The van der Waals surface area contributed by atoms with Crippen molar-refractivity contribution < 1.29 is 13.3 Å². The molecule has 1 aromatic rings. The van der Waals surface area contributed by atoms with Crippen LogP contribution in [0.2, 0.25) is 0 Å². The van der Waals surface area contributed by atoms with Crippen molar-refractivity contribution in [2.75, 3.05) is 18.4 Å². The van der Waals surface area contributed by atoms with Crippen LogP contribution in [0.4, 0.5) is 10.7 Å². The normalized spacial score (nSPS) is 12.1. The fourth-order valence-corrected chi connectivity index (χ4v) is 5.01. The summed E-state index contributed by atoms with van der Waals surface area (Å²) in [7, 11) is -3.70. The number of hydrogen-bond donors (Lipinski definition) is 1. The molecule has 9 heteroatoms. The van der Waals surface area contributed by atoms with Crippen molar-refractivity contribution in [1.29, 1.82) is 0 Å². The predicted octanol–water partition coefficient (Wildman–Crippen LogP) is 2.51. The molecule has 0 fully saturated rings. The number of thiophene rings is 1. The van der Waals surface area contributed by atoms with Gasteiger partial charge in [0, 0.05) is 25.2 Å². The van der Waals surface area contributed by atoms with Crippen LogP contribution in [-0.4, -0.2) is 36.8 Å². The van der Waals surface area contributed by atoms with E-state index in [1.54, 1.807) is 27.7 Å². The summed E-state index contributed by atoms with van der Waals surface area (Å²) >= 11 is 0.898. The Kier molecular flexibility index (Phi) is 5.49. The largest absolute Gasteiger partial charge is 0.372 e. The molecule has 1 heterocycles. The molecule has 0 atom stereocenters. The summed E-state index contributed by atoms with van der Waals surface area (Å²) in [5.74, 6) is 0. The predicted molar refractivity (Wildman–Crippen MR) is 79.8 cm³/mol. The van der Waals surface area contributed by atoms with Crippen molar-refractivity contribution in [3.63, 3.8) is 0 Å². The molecule has 0 saturated carbocycles. The van der Waals surface area contributed by atoms with Crippen LogP contribution in [-0.2, 0) is 10.0 Å². The minimum Gasteiger partial charge on any atom is -0.372 e. The Morgan fingerprint density at radius 1 is 1.45 bits per heavy atom. The van der Waals surface area contributed by atoms with Gasteiger partial charge in [-0.25, -0.2) is 8.42 Å². The Hall–Kier alpha value is -1.19. The third-order valence-electron chi connectivity index (χ3n) is 2.67. The molecule has 20 heavy (non-hydrogen) atoms. The summed E-state index contributed by atoms with van der Waals surface area (Å²) in [6.45, 7) is 7.89. The number of nitrogens with one attached hydrogen (secondary N) is 1. The van der Waals surface area contributed by atoms with Gasteiger partial charge in [0.1, 0.15) is 4.21 Å². The Labute approximate surface area is 122 Å². The average Bonchev–Trinajstić information content (AvgIpc) is 2.74. The molecular formula is C11H19N3O4S2. The van der Waals surface area contributed by atoms with Crippen molar-refractivity contribution in [2.24, 2.45) is 0 Å². The molecule has 1 rings (SSSR count). The van der Waals surface area contributed by atoms with Gasteiger partial charge in [-0.3, -0.25) is 10.1 Å². The molecular weight excluding hydrogens is 302 g/mol. The first-order valence-electron chi connectivity index (χ1n) is 6.29. The second-order valence-corrected chi connectivity index (χ2v) is 7.54. The summed E-state index contributed by atoms with van der Waals surface area (Å²) in [6, 6.07) is 0.928. The van der Waals surface area contributed by atoms with Gasteiger partial charge in [-0.05, 0) is 20.8 Å². The lowest BCUT2D eigenvalue weighted by Gasteiger charge is -2.23. The number of nitro groups is 1. The third-order valence-corrected chi connectivity index (χ3v) is 6.36. The Balaban J connectivity index is 3.32. The molecule has 0 bridgehead atoms. The first kappa shape index (κ1) is 16.9. The van der Waals surface area contributed by atoms with Crippen LogP contribution < -0.4 is 5.32 Å². The molecule has 0 unspecified atom stereocenters. The molecule has 7 nitrogen and oxygen atoms in total. The number of anilines is 1. The van der Waals surface area contributed by atoms with E-state index in [9.17, 15) is 18.5 Å². The fourth-order valence-electron chi connectivity index (χ4n) is 1.84. The summed E-state index contributed by atoms with van der Waals surface area (Å²) < 4.78 is 26.3. The summed E-state index contributed by atoms with van der Waals surface area (Å²) in [4.78, 5) is 10.4. The Bertz CT molecular complexity index is 580. The molecule has 0 spiro atoms. The van der Waals surface area contributed by atoms with Crippen LogP contribution in [0.5, 0.6) is 0 Å². The summed E-state index contributed by atoms with van der Waals surface area (Å²) in [6.07, 6.45) is 0. The molecule has 0 aliphatic carbocycles. The minimum atomic E-state index is -3.70. The second kappa shape index (κ2) is 6.51. The minimum absolute atomic E-state index is 0.00398. The van der Waals surface area contributed by atoms with Gasteiger partial charge < -0.3 is 5.32 Å². The lowest BCUT2D eigenvalue weighted by molar-refractivity contribution is -0.383. The highest BCUT2D eigenvalue weighted by molar-refractivity contribution is 7.91. The first-order valence-corrected chi connectivity index (χ1v) is 8.55. The van der Waals surface area contributed by atoms with E-state index >= 15 is 0 Å². The Morgan fingerprint density at radius 3 is 2.45 bits per heavy atom. The van der Waals surface area contributed by atoms with Crippen molar-refractivity contribution >= 4 is 32.0 Å². The highest BCUT2D eigenvalue weighted by Crippen LogP contribution is 2.38. The molecule has 114 valence electrons. The lowest BCUT2D eigenvalue weighted by Crippen LogP contribution is -2.36. The molecule has 0 radical (unpaired) electrons. The zero-order chi connectivity index (χ0) is 15.5. The standard InChI is InChI=1S/C11H19N3O4S2/c1-5-12-11-9(14(15)16)7-10(19-11)20(17,18)13(6-2)8(3)4/h7-8,12H,5-6H2,1-4H3. The monoisotopic (exact) mass is 321 g/mol. The van der Waals surface area contributed by atoms with Crippen LogP contribution in [0.1, 0.15) is 27.7 Å². The molecule has 0 aromatic carbocycles. The SMILES string of the molecule is CCNc1sc(S(=O)(=O)N(CC)C(C)C)cc1[N+](=O)[O-]. The quantitative estimate of drug-likeness (QED) is 0.615. The zero-order valence-corrected chi connectivity index (χ0v) is 13.5. The third kappa shape index (κ3) is 3.28. The van der Waals surface area contributed by atoms with E-state index in [0.717, 1.165) is 17.4 Å². The highest BCUT2D eigenvalue weighted by atomic mass is 32.2. The molecule has 0 saturated heterocycles. The van der Waals surface area contributed by atoms with Gasteiger partial charge in [-0.1, -0.05) is 18.3 Å². The van der Waals surface area contributed by atoms with Crippen LogP contribution in [0.25, 0.3) is 0 Å². The molecule has 1 aromatic heterocycles. The van der Waals surface area contributed by atoms with Gasteiger partial charge in [-0.15, -0.1) is 0 Å². The van der Waals surface area contributed by atoms with E-state index in [2.05, 4.69) is 5.32 Å². The molecule has 0 aliphatic heterocycles. The van der Waals surface area contributed by atoms with E-state index in [1.807, 2.05) is 0 Å². The smallest absolute Gasteiger partial charge is 0.304 e. The number of nitrogens with zero attached hydrogens (tertiary/aromatic N) is 2. The molecule has 0 aliphatic rings. The number of sulfonamides is 1. The Morgan fingerprint density at radius 2 is 2.05 bits per heavy atom. The van der Waals surface area contributed by atoms with Crippen LogP contribution in [0.3, 0.4) is 0 Å². The van der Waals surface area contributed by atoms with E-state index < -0.39 is 14.9 Å². The fraction of sp³-hybridized carbons (Fsp3) is 0.636. The van der Waals surface area contributed by atoms with Gasteiger partial charge in [0.15, 0.2) is 5.00 Å². The van der Waals surface area contributed by atoms with Gasteiger partial charge in [0.05, 0.1) is 4.92 Å². The van der Waals surface area contributed by atoms with Crippen molar-refractivity contribution in [3.05, 3.63) is 16.2 Å². The highest BCUT2D eigenvalue weighted by Gasteiger charge is 2.31. The van der Waals surface area contributed by atoms with Gasteiger partial charge in [-0.2, -0.15) is 4.31 Å². The van der Waals surface area contributed by atoms with Crippen LogP contribution in [0, 0.1) is 10.1 Å². The summed E-state index contributed by atoms with van der Waals surface area (Å²) in [5, 5.41) is 14.1. The van der Waals surface area contributed by atoms with E-state index in [1.165, 1.54) is 4.31 Å². The zero-order valence-electron chi connectivity index (χ0n) is 11.9.